The lowest BCUT2D eigenvalue weighted by atomic mass is 9.97. The van der Waals surface area contributed by atoms with Crippen LogP contribution in [0.3, 0.4) is 0 Å². The van der Waals surface area contributed by atoms with Gasteiger partial charge in [-0.2, -0.15) is 12.6 Å². The van der Waals surface area contributed by atoms with Crippen LogP contribution in [0.1, 0.15) is 76.4 Å². The van der Waals surface area contributed by atoms with Crippen molar-refractivity contribution in [3.63, 3.8) is 0 Å². The number of carbonyl (C=O) groups is 3. The molecule has 0 aromatic rings. The van der Waals surface area contributed by atoms with Gasteiger partial charge >= 0.3 is 0 Å². The lowest BCUT2D eigenvalue weighted by Crippen LogP contribution is -2.57. The van der Waals surface area contributed by atoms with Crippen molar-refractivity contribution in [1.82, 2.24) is 10.2 Å². The summed E-state index contributed by atoms with van der Waals surface area (Å²) in [5.41, 5.74) is 16.5. The number of hydrogen-bond donors (Lipinski definition) is 6. The Labute approximate surface area is 264 Å². The third-order valence-corrected chi connectivity index (χ3v) is 8.95. The minimum absolute atomic E-state index is 0. The van der Waals surface area contributed by atoms with Gasteiger partial charge in [0.05, 0.1) is 12.6 Å². The van der Waals surface area contributed by atoms with Crippen molar-refractivity contribution in [3.8, 4) is 0 Å². The molecule has 0 bridgehead atoms. The van der Waals surface area contributed by atoms with Gasteiger partial charge in [-0.1, -0.05) is 25.0 Å². The fraction of sp³-hybridized carbons (Fsp3) is 0.690. The fourth-order valence-electron chi connectivity index (χ4n) is 5.33. The smallest absolute Gasteiger partial charge is 0.243 e. The van der Waals surface area contributed by atoms with Crippen LogP contribution in [0.25, 0.3) is 0 Å². The number of allylic oxidation sites excluding steroid dienone is 3. The number of nitrogens with one attached hydrogen (secondary N) is 1. The predicted molar refractivity (Wildman–Crippen MR) is 178 cm³/mol. The van der Waals surface area contributed by atoms with E-state index in [4.69, 9.17) is 26.5 Å². The highest BCUT2D eigenvalue weighted by molar-refractivity contribution is 7.94. The van der Waals surface area contributed by atoms with Crippen LogP contribution in [-0.4, -0.2) is 74.0 Å². The molecule has 5 atom stereocenters. The first kappa shape index (κ1) is 38.0. The van der Waals surface area contributed by atoms with Gasteiger partial charge in [0.25, 0.3) is 0 Å². The average molecular weight is 636 g/mol. The summed E-state index contributed by atoms with van der Waals surface area (Å²) < 4.78 is 14.3. The van der Waals surface area contributed by atoms with Crippen molar-refractivity contribution < 1.29 is 33.4 Å². The molecule has 3 saturated carbocycles. The molecule has 3 aliphatic carbocycles. The van der Waals surface area contributed by atoms with Crippen LogP contribution >= 0.6 is 24.7 Å². The second-order valence-electron chi connectivity index (χ2n) is 11.0. The van der Waals surface area contributed by atoms with Gasteiger partial charge in [-0.15, -0.1) is 6.58 Å². The van der Waals surface area contributed by atoms with E-state index in [1.54, 1.807) is 11.0 Å². The Hall–Kier alpha value is -2.03. The number of primary amides is 1. The van der Waals surface area contributed by atoms with Crippen LogP contribution in [-0.2, 0) is 19.1 Å². The maximum atomic E-state index is 13.4. The molecule has 0 unspecified atom stereocenters. The third-order valence-electron chi connectivity index (χ3n) is 8.18. The summed E-state index contributed by atoms with van der Waals surface area (Å²) in [6.45, 7) is 9.76. The Morgan fingerprint density at radius 1 is 1.24 bits per heavy atom. The summed E-state index contributed by atoms with van der Waals surface area (Å²) in [6, 6.07) is -1.42. The summed E-state index contributed by atoms with van der Waals surface area (Å²) in [5, 5.41) is 3.43. The van der Waals surface area contributed by atoms with Crippen molar-refractivity contribution in [2.75, 3.05) is 12.4 Å². The number of thiol groups is 1. The van der Waals surface area contributed by atoms with E-state index < -0.39 is 29.4 Å². The standard InChI is InChI=1S/C25H38N4O4.C3H6OS.CH5NS.H2O.3H2/c1-5-15(4)20(7-3)33-18-12-19(22(30)28-25(24(27)32)13-17(25)6-2)29(14-18)23(31)21(26)16-10-8-9-11-16;4-5-3-1-2-3;2-1-3;;;;/h5-7,16-19,21H,2,8-14,26H2,1,3-4H3,(H2,27,32)(H,28,30);3-4H,1-2H2;3H,1-2H2;1H2;3*1H/b15-5+,20-7+;;;;;;/t17-,18-,19+,21+,25-;;;;;;/m1....../s1. The summed E-state index contributed by atoms with van der Waals surface area (Å²) in [4.78, 5) is 40.4. The Morgan fingerprint density at radius 3 is 2.24 bits per heavy atom. The topological polar surface area (TPSA) is 206 Å². The van der Waals surface area contributed by atoms with E-state index >= 15 is 0 Å². The molecule has 0 radical (unpaired) electrons. The Kier molecular flexibility index (Phi) is 16.2. The molecule has 11 nitrogen and oxygen atoms in total. The summed E-state index contributed by atoms with van der Waals surface area (Å²) in [6.07, 6.45) is 12.3. The van der Waals surface area contributed by atoms with Crippen LogP contribution in [0.2, 0.25) is 0 Å². The molecule has 3 amide bonds. The minimum Gasteiger partial charge on any atom is -0.489 e. The molecule has 13 heteroatoms. The van der Waals surface area contributed by atoms with Crippen molar-refractivity contribution >= 4 is 42.4 Å². The number of ether oxygens (including phenoxy) is 1. The predicted octanol–water partition coefficient (Wildman–Crippen LogP) is 3.01. The van der Waals surface area contributed by atoms with Gasteiger partial charge in [0, 0.05) is 27.7 Å². The van der Waals surface area contributed by atoms with Gasteiger partial charge in [-0.05, 0) is 82.5 Å². The number of nitrogens with two attached hydrogens (primary N) is 3. The molecule has 1 heterocycles. The lowest BCUT2D eigenvalue weighted by Gasteiger charge is -2.29. The number of carbonyl (C=O) groups excluding carboxylic acids is 3. The van der Waals surface area contributed by atoms with Crippen molar-refractivity contribution in [2.45, 2.75) is 101 Å². The minimum atomic E-state index is -1.13. The number of hydrogen-bond acceptors (Lipinski definition) is 9. The SMILES string of the molecule is C=C[C@@H]1C[C@]1(NC(=O)[C@@H]1C[C@@H](OC(=C/C)/C(C)=C/C)CN1C(=O)[C@@H](N)C1CCCC1)C(N)=O.NCS.O.OSC1CC1.[HH].[HH].[HH]. The van der Waals surface area contributed by atoms with Gasteiger partial charge < -0.3 is 42.2 Å². The highest BCUT2D eigenvalue weighted by atomic mass is 32.2. The average Bonchev–Trinajstić information content (AvgIpc) is 3.82. The van der Waals surface area contributed by atoms with E-state index in [9.17, 15) is 14.4 Å². The van der Waals surface area contributed by atoms with Crippen molar-refractivity contribution in [1.29, 1.82) is 0 Å². The third kappa shape index (κ3) is 10.0. The number of nitrogens with zero attached hydrogens (tertiary/aromatic N) is 1. The molecule has 246 valence electrons. The monoisotopic (exact) mass is 635 g/mol. The first-order chi connectivity index (χ1) is 19.5. The summed E-state index contributed by atoms with van der Waals surface area (Å²) in [5.74, 6) is -0.138. The van der Waals surface area contributed by atoms with E-state index in [2.05, 4.69) is 24.5 Å². The van der Waals surface area contributed by atoms with Crippen LogP contribution < -0.4 is 22.5 Å². The zero-order valence-electron chi connectivity index (χ0n) is 25.1. The number of rotatable bonds is 10. The molecule has 1 aliphatic heterocycles. The molecular weight excluding hydrogens is 578 g/mol. The van der Waals surface area contributed by atoms with Crippen LogP contribution in [0.5, 0.6) is 0 Å². The second-order valence-corrected chi connectivity index (χ2v) is 12.3. The van der Waals surface area contributed by atoms with Gasteiger partial charge in [0.15, 0.2) is 0 Å². The van der Waals surface area contributed by atoms with Gasteiger partial charge in [0.2, 0.25) is 17.7 Å². The van der Waals surface area contributed by atoms with Crippen molar-refractivity contribution in [3.05, 3.63) is 36.1 Å². The van der Waals surface area contributed by atoms with Gasteiger partial charge in [-0.25, -0.2) is 0 Å². The molecule has 0 spiro atoms. The quantitative estimate of drug-likeness (QED) is 0.0524. The molecule has 0 aromatic carbocycles. The zero-order chi connectivity index (χ0) is 30.7. The summed E-state index contributed by atoms with van der Waals surface area (Å²) in [7, 11) is 0. The van der Waals surface area contributed by atoms with E-state index in [0.717, 1.165) is 49.1 Å². The lowest BCUT2D eigenvalue weighted by molar-refractivity contribution is -0.141. The molecule has 10 N–H and O–H groups in total. The largest absolute Gasteiger partial charge is 0.489 e. The maximum absolute atomic E-state index is 13.4. The summed E-state index contributed by atoms with van der Waals surface area (Å²) >= 11 is 4.56. The zero-order valence-corrected chi connectivity index (χ0v) is 26.8. The van der Waals surface area contributed by atoms with E-state index in [0.29, 0.717) is 24.0 Å². The van der Waals surface area contributed by atoms with E-state index in [-0.39, 0.29) is 40.1 Å². The molecule has 0 aromatic heterocycles. The number of likely N-dealkylation sites (tertiary alicyclic amines) is 1. The first-order valence-electron chi connectivity index (χ1n) is 14.4. The molecule has 4 rings (SSSR count). The number of amides is 3. The van der Waals surface area contributed by atoms with Crippen LogP contribution in [0, 0.1) is 11.8 Å². The van der Waals surface area contributed by atoms with Crippen LogP contribution in [0.15, 0.2) is 36.1 Å². The second kappa shape index (κ2) is 17.9. The normalized spacial score (nSPS) is 27.8. The molecule has 4 fully saturated rings. The Bertz CT molecular complexity index is 1000. The van der Waals surface area contributed by atoms with Crippen LogP contribution in [0.4, 0.5) is 0 Å². The molecular formula is C29H57N5O6S2. The maximum Gasteiger partial charge on any atom is 0.243 e. The Morgan fingerprint density at radius 2 is 1.83 bits per heavy atom. The Balaban J connectivity index is -0.00000130. The fourth-order valence-corrected chi connectivity index (χ4v) is 5.68. The van der Waals surface area contributed by atoms with Crippen molar-refractivity contribution in [2.24, 2.45) is 29.0 Å². The highest BCUT2D eigenvalue weighted by Gasteiger charge is 2.60. The molecule has 4 aliphatic rings. The van der Waals surface area contributed by atoms with Gasteiger partial charge in [0.1, 0.15) is 23.4 Å². The molecule has 1 saturated heterocycles. The highest BCUT2D eigenvalue weighted by Crippen LogP contribution is 2.44. The van der Waals surface area contributed by atoms with E-state index in [1.165, 1.54) is 12.8 Å². The van der Waals surface area contributed by atoms with E-state index in [1.807, 2.05) is 32.9 Å². The first-order valence-corrected chi connectivity index (χ1v) is 15.9. The van der Waals surface area contributed by atoms with Gasteiger partial charge in [-0.3, -0.25) is 14.4 Å². The molecule has 42 heavy (non-hydrogen) atoms.